The Balaban J connectivity index is 1.75. The van der Waals surface area contributed by atoms with Crippen LogP contribution in [0.25, 0.3) is 16.7 Å². The van der Waals surface area contributed by atoms with Gasteiger partial charge in [0.05, 0.1) is 11.1 Å². The minimum absolute atomic E-state index is 0.0693. The van der Waals surface area contributed by atoms with E-state index < -0.39 is 5.41 Å². The number of allylic oxidation sites excluding steroid dienone is 5. The maximum absolute atomic E-state index is 8.15. The number of rotatable bonds is 4. The predicted octanol–water partition coefficient (Wildman–Crippen LogP) is 7.54. The Morgan fingerprint density at radius 2 is 1.50 bits per heavy atom. The highest BCUT2D eigenvalue weighted by atomic mass is 14.9. The van der Waals surface area contributed by atoms with E-state index in [9.17, 15) is 0 Å². The average Bonchev–Trinajstić information content (AvgIpc) is 3.20. The summed E-state index contributed by atoms with van der Waals surface area (Å²) >= 11 is 0. The van der Waals surface area contributed by atoms with Gasteiger partial charge in [-0.25, -0.2) is 0 Å². The third-order valence-corrected chi connectivity index (χ3v) is 7.43. The molecule has 174 valence electrons. The first-order valence-electron chi connectivity index (χ1n) is 12.1. The second-order valence-electron chi connectivity index (χ2n) is 9.34. The van der Waals surface area contributed by atoms with Gasteiger partial charge in [0.2, 0.25) is 0 Å². The molecule has 4 aromatic carbocycles. The first kappa shape index (κ1) is 21.9. The first-order chi connectivity index (χ1) is 17.6. The third kappa shape index (κ3) is 2.96. The molecule has 0 fully saturated rings. The van der Waals surface area contributed by atoms with Crippen LogP contribution in [0.2, 0.25) is 0 Å². The lowest BCUT2D eigenvalue weighted by atomic mass is 9.64. The fourth-order valence-electron chi connectivity index (χ4n) is 5.92. The van der Waals surface area contributed by atoms with Crippen LogP contribution in [0.4, 0.5) is 11.4 Å². The van der Waals surface area contributed by atoms with Gasteiger partial charge in [0.25, 0.3) is 0 Å². The van der Waals surface area contributed by atoms with Crippen molar-refractivity contribution in [2.75, 3.05) is 5.32 Å². The Hall–Kier alpha value is -4.63. The summed E-state index contributed by atoms with van der Waals surface area (Å²) in [4.78, 5) is 0. The Labute approximate surface area is 211 Å². The van der Waals surface area contributed by atoms with Crippen LogP contribution >= 0.6 is 0 Å². The minimum Gasteiger partial charge on any atom is -0.384 e. The highest BCUT2D eigenvalue weighted by Gasteiger charge is 2.50. The van der Waals surface area contributed by atoms with E-state index in [0.29, 0.717) is 0 Å². The smallest absolute Gasteiger partial charge is 0.122 e. The molecule has 1 aliphatic carbocycles. The van der Waals surface area contributed by atoms with Gasteiger partial charge in [0.15, 0.2) is 0 Å². The van der Waals surface area contributed by atoms with Gasteiger partial charge in [-0.3, -0.25) is 5.41 Å². The van der Waals surface area contributed by atoms with Crippen molar-refractivity contribution in [2.24, 2.45) is 5.73 Å². The number of nitrogens with two attached hydrogens (primary N) is 1. The third-order valence-electron chi connectivity index (χ3n) is 7.43. The van der Waals surface area contributed by atoms with E-state index in [4.69, 9.17) is 11.1 Å². The molecule has 2 aliphatic rings. The molecule has 0 atom stereocenters. The summed E-state index contributed by atoms with van der Waals surface area (Å²) in [5.41, 5.74) is 17.9. The Bertz CT molecular complexity index is 1570. The van der Waals surface area contributed by atoms with Crippen molar-refractivity contribution in [1.82, 2.24) is 0 Å². The quantitative estimate of drug-likeness (QED) is 0.143. The fraction of sp³-hybridized carbons (Fsp3) is 0.0606. The number of para-hydroxylation sites is 1. The van der Waals surface area contributed by atoms with Crippen LogP contribution in [0.3, 0.4) is 0 Å². The number of hydrogen-bond acceptors (Lipinski definition) is 2. The minimum atomic E-state index is -0.526. The summed E-state index contributed by atoms with van der Waals surface area (Å²) in [6, 6.07) is 30.0. The van der Waals surface area contributed by atoms with Gasteiger partial charge in [-0.15, -0.1) is 0 Å². The zero-order chi connectivity index (χ0) is 24.9. The highest BCUT2D eigenvalue weighted by molar-refractivity contribution is 5.99. The molecule has 4 aromatic rings. The lowest BCUT2D eigenvalue weighted by molar-refractivity contribution is 0.762. The van der Waals surface area contributed by atoms with Crippen LogP contribution in [0.5, 0.6) is 0 Å². The van der Waals surface area contributed by atoms with Crippen molar-refractivity contribution in [1.29, 1.82) is 5.41 Å². The van der Waals surface area contributed by atoms with Gasteiger partial charge in [0, 0.05) is 16.8 Å². The summed E-state index contributed by atoms with van der Waals surface area (Å²) in [7, 11) is 0. The van der Waals surface area contributed by atoms with Crippen molar-refractivity contribution in [3.8, 4) is 11.1 Å². The maximum atomic E-state index is 8.15. The summed E-state index contributed by atoms with van der Waals surface area (Å²) in [6.07, 6.45) is 7.87. The molecule has 0 saturated heterocycles. The Morgan fingerprint density at radius 3 is 2.17 bits per heavy atom. The second-order valence-corrected chi connectivity index (χ2v) is 9.34. The SMILES string of the molecule is C=C/C=C\C=C(/C)c1cccc2c1Nc1ccc(C(=N)N)cc1C21c2ccccc2-c2ccccc21. The number of benzene rings is 4. The summed E-state index contributed by atoms with van der Waals surface area (Å²) in [5.74, 6) is 0.0693. The van der Waals surface area contributed by atoms with Gasteiger partial charge in [-0.1, -0.05) is 97.6 Å². The van der Waals surface area contributed by atoms with E-state index in [1.54, 1.807) is 6.08 Å². The summed E-state index contributed by atoms with van der Waals surface area (Å²) < 4.78 is 0. The van der Waals surface area contributed by atoms with Crippen LogP contribution < -0.4 is 11.1 Å². The predicted molar refractivity (Wildman–Crippen MR) is 151 cm³/mol. The molecule has 0 saturated carbocycles. The topological polar surface area (TPSA) is 61.9 Å². The lowest BCUT2D eigenvalue weighted by Gasteiger charge is -2.41. The molecule has 0 unspecified atom stereocenters. The van der Waals surface area contributed by atoms with E-state index in [1.807, 2.05) is 18.2 Å². The Kier molecular flexibility index (Phi) is 5.01. The van der Waals surface area contributed by atoms with E-state index in [1.165, 1.54) is 27.8 Å². The van der Waals surface area contributed by atoms with E-state index in [-0.39, 0.29) is 5.84 Å². The fourth-order valence-corrected chi connectivity index (χ4v) is 5.92. The molecule has 36 heavy (non-hydrogen) atoms. The van der Waals surface area contributed by atoms with Gasteiger partial charge in [-0.05, 0) is 64.1 Å². The molecule has 0 aromatic heterocycles. The van der Waals surface area contributed by atoms with Crippen molar-refractivity contribution < 1.29 is 0 Å². The number of nitrogens with one attached hydrogen (secondary N) is 2. The molecule has 1 heterocycles. The molecule has 1 spiro atoms. The number of nitrogen functional groups attached to an aromatic ring is 1. The lowest BCUT2D eigenvalue weighted by Crippen LogP contribution is -2.34. The molecule has 4 N–H and O–H groups in total. The standard InChI is InChI=1S/C33H27N3/c1-3-4-5-11-21(2)23-14-10-17-28-31(23)36-30-19-18-22(32(34)35)20-29(30)33(28)26-15-8-6-12-24(26)25-13-7-9-16-27(25)33/h3-20,36H,1H2,2H3,(H3,34,35)/b5-4-,21-11+. The summed E-state index contributed by atoms with van der Waals surface area (Å²) in [6.45, 7) is 5.92. The second kappa shape index (κ2) is 8.24. The highest BCUT2D eigenvalue weighted by Crippen LogP contribution is 2.61. The average molecular weight is 466 g/mol. The van der Waals surface area contributed by atoms with Gasteiger partial charge in [-0.2, -0.15) is 0 Å². The molecule has 0 amide bonds. The molecular weight excluding hydrogens is 438 g/mol. The number of anilines is 2. The number of hydrogen-bond donors (Lipinski definition) is 3. The van der Waals surface area contributed by atoms with Crippen LogP contribution in [-0.4, -0.2) is 5.84 Å². The molecule has 6 rings (SSSR count). The van der Waals surface area contributed by atoms with Crippen molar-refractivity contribution in [3.05, 3.63) is 149 Å². The van der Waals surface area contributed by atoms with Crippen LogP contribution in [0.1, 0.15) is 40.3 Å². The van der Waals surface area contributed by atoms with Crippen molar-refractivity contribution in [2.45, 2.75) is 12.3 Å². The van der Waals surface area contributed by atoms with Crippen LogP contribution in [-0.2, 0) is 5.41 Å². The van der Waals surface area contributed by atoms with Crippen molar-refractivity contribution >= 4 is 22.8 Å². The van der Waals surface area contributed by atoms with Crippen LogP contribution in [0.15, 0.2) is 116 Å². The van der Waals surface area contributed by atoms with Crippen molar-refractivity contribution in [3.63, 3.8) is 0 Å². The molecule has 0 radical (unpaired) electrons. The zero-order valence-electron chi connectivity index (χ0n) is 20.2. The normalized spacial score (nSPS) is 14.5. The van der Waals surface area contributed by atoms with E-state index in [0.717, 1.165) is 33.6 Å². The van der Waals surface area contributed by atoms with Gasteiger partial charge in [0.1, 0.15) is 5.84 Å². The van der Waals surface area contributed by atoms with Gasteiger partial charge >= 0.3 is 0 Å². The zero-order valence-corrected chi connectivity index (χ0v) is 20.2. The molecular formula is C33H27N3. The summed E-state index contributed by atoms with van der Waals surface area (Å²) in [5, 5.41) is 11.9. The first-order valence-corrected chi connectivity index (χ1v) is 12.1. The monoisotopic (exact) mass is 465 g/mol. The van der Waals surface area contributed by atoms with E-state index >= 15 is 0 Å². The maximum Gasteiger partial charge on any atom is 0.122 e. The number of amidine groups is 1. The van der Waals surface area contributed by atoms with Gasteiger partial charge < -0.3 is 11.1 Å². The molecule has 3 heteroatoms. The molecule has 3 nitrogen and oxygen atoms in total. The van der Waals surface area contributed by atoms with Crippen LogP contribution in [0, 0.1) is 5.41 Å². The molecule has 1 aliphatic heterocycles. The number of fused-ring (bicyclic) bond motifs is 9. The largest absolute Gasteiger partial charge is 0.384 e. The van der Waals surface area contributed by atoms with E-state index in [2.05, 4.69) is 104 Å². The Morgan fingerprint density at radius 1 is 0.833 bits per heavy atom. The molecule has 0 bridgehead atoms.